The van der Waals surface area contributed by atoms with E-state index >= 15 is 0 Å². The third kappa shape index (κ3) is 9.00. The number of aliphatic hydroxyl groups is 1. The number of hydrogen-bond acceptors (Lipinski definition) is 7. The van der Waals surface area contributed by atoms with Crippen LogP contribution in [0.5, 0.6) is 5.75 Å². The normalized spacial score (nSPS) is 14.6. The van der Waals surface area contributed by atoms with Crippen LogP contribution in [-0.4, -0.2) is 58.6 Å². The zero-order chi connectivity index (χ0) is 31.6. The molecular weight excluding hydrogens is 584 g/mol. The molecule has 0 bridgehead atoms. The van der Waals surface area contributed by atoms with E-state index in [1.807, 2.05) is 71.8 Å². The summed E-state index contributed by atoms with van der Waals surface area (Å²) in [7, 11) is 1.63. The number of benzene rings is 3. The SMILES string of the molecule is COc1cccc(CNCC(O)C(Cc2ccccc2)NC(=O)c2cccc(C(=O)N(Cc3nc(C)cs3)C3CCCC3)c2)c1. The number of aryl methyl sites for hydroxylation is 1. The van der Waals surface area contributed by atoms with Crippen LogP contribution in [0, 0.1) is 6.92 Å². The molecule has 8 nitrogen and oxygen atoms in total. The number of thiazole rings is 1. The lowest BCUT2D eigenvalue weighted by Gasteiger charge is -2.28. The molecule has 2 unspecified atom stereocenters. The average Bonchev–Trinajstić information content (AvgIpc) is 3.75. The minimum Gasteiger partial charge on any atom is -0.497 e. The van der Waals surface area contributed by atoms with Gasteiger partial charge in [-0.05, 0) is 67.6 Å². The number of amides is 2. The van der Waals surface area contributed by atoms with Gasteiger partial charge in [-0.3, -0.25) is 9.59 Å². The number of aliphatic hydroxyl groups excluding tert-OH is 1. The van der Waals surface area contributed by atoms with Crippen LogP contribution < -0.4 is 15.4 Å². The molecule has 0 aliphatic heterocycles. The number of hydrogen-bond donors (Lipinski definition) is 3. The number of methoxy groups -OCH3 is 1. The maximum atomic E-state index is 13.9. The van der Waals surface area contributed by atoms with Crippen LogP contribution in [0.25, 0.3) is 0 Å². The smallest absolute Gasteiger partial charge is 0.254 e. The maximum absolute atomic E-state index is 13.9. The summed E-state index contributed by atoms with van der Waals surface area (Å²) >= 11 is 1.57. The second-order valence-corrected chi connectivity index (χ2v) is 12.6. The van der Waals surface area contributed by atoms with Gasteiger partial charge in [-0.15, -0.1) is 11.3 Å². The lowest BCUT2D eigenvalue weighted by atomic mass is 10.00. The molecule has 1 saturated carbocycles. The first-order valence-corrected chi connectivity index (χ1v) is 16.5. The van der Waals surface area contributed by atoms with Crippen LogP contribution in [0.1, 0.15) is 68.2 Å². The highest BCUT2D eigenvalue weighted by Gasteiger charge is 2.29. The summed E-state index contributed by atoms with van der Waals surface area (Å²) in [6.45, 7) is 3.25. The minimum atomic E-state index is -0.857. The van der Waals surface area contributed by atoms with Crippen molar-refractivity contribution in [3.05, 3.63) is 117 Å². The summed E-state index contributed by atoms with van der Waals surface area (Å²) in [5.74, 6) is 0.349. The van der Waals surface area contributed by atoms with E-state index in [1.165, 1.54) is 0 Å². The minimum absolute atomic E-state index is 0.0907. The first-order valence-electron chi connectivity index (χ1n) is 15.6. The molecule has 0 saturated heterocycles. The largest absolute Gasteiger partial charge is 0.497 e. The molecule has 2 amide bonds. The molecule has 0 radical (unpaired) electrons. The van der Waals surface area contributed by atoms with E-state index in [-0.39, 0.29) is 24.4 Å². The Morgan fingerprint density at radius 2 is 1.73 bits per heavy atom. The Balaban J connectivity index is 1.28. The Kier molecular flexibility index (Phi) is 11.4. The van der Waals surface area contributed by atoms with E-state index in [9.17, 15) is 14.7 Å². The topological polar surface area (TPSA) is 104 Å². The number of nitrogens with zero attached hydrogens (tertiary/aromatic N) is 2. The highest BCUT2D eigenvalue weighted by atomic mass is 32.1. The maximum Gasteiger partial charge on any atom is 0.254 e. The summed E-state index contributed by atoms with van der Waals surface area (Å²) in [5.41, 5.74) is 3.84. The molecule has 236 valence electrons. The predicted octanol–water partition coefficient (Wildman–Crippen LogP) is 5.54. The Labute approximate surface area is 269 Å². The van der Waals surface area contributed by atoms with Crippen molar-refractivity contribution in [3.63, 3.8) is 0 Å². The molecule has 1 aromatic heterocycles. The van der Waals surface area contributed by atoms with Gasteiger partial charge < -0.3 is 25.4 Å². The quantitative estimate of drug-likeness (QED) is 0.170. The molecular formula is C36H42N4O4S. The van der Waals surface area contributed by atoms with Crippen LogP contribution >= 0.6 is 11.3 Å². The third-order valence-corrected chi connectivity index (χ3v) is 9.22. The van der Waals surface area contributed by atoms with Gasteiger partial charge in [0.2, 0.25) is 0 Å². The highest BCUT2D eigenvalue weighted by molar-refractivity contribution is 7.09. The summed E-state index contributed by atoms with van der Waals surface area (Å²) in [4.78, 5) is 34.0. The molecule has 3 aromatic carbocycles. The highest BCUT2D eigenvalue weighted by Crippen LogP contribution is 2.27. The molecule has 3 N–H and O–H groups in total. The van der Waals surface area contributed by atoms with Gasteiger partial charge in [0, 0.05) is 41.3 Å². The van der Waals surface area contributed by atoms with E-state index in [2.05, 4.69) is 15.6 Å². The second-order valence-electron chi connectivity index (χ2n) is 11.7. The van der Waals surface area contributed by atoms with Crippen LogP contribution in [0.2, 0.25) is 0 Å². The van der Waals surface area contributed by atoms with Gasteiger partial charge in [-0.2, -0.15) is 0 Å². The van der Waals surface area contributed by atoms with Crippen molar-refractivity contribution in [2.24, 2.45) is 0 Å². The molecule has 1 aliphatic rings. The Hall–Kier alpha value is -4.05. The standard InChI is InChI=1S/C36H42N4O4S/c1-25-24-45-34(38-25)23-40(30-15-6-7-16-30)36(43)29-14-9-13-28(20-29)35(42)39-32(19-26-10-4-3-5-11-26)33(41)22-37-21-27-12-8-17-31(18-27)44-2/h3-5,8-14,17-18,20,24,30,32-33,37,41H,6-7,15-16,19,21-23H2,1-2H3,(H,39,42). The van der Waals surface area contributed by atoms with Crippen molar-refractivity contribution in [1.82, 2.24) is 20.5 Å². The van der Waals surface area contributed by atoms with Gasteiger partial charge in [0.25, 0.3) is 11.8 Å². The zero-order valence-corrected chi connectivity index (χ0v) is 26.8. The predicted molar refractivity (Wildman–Crippen MR) is 178 cm³/mol. The number of carbonyl (C=O) groups is 2. The number of carbonyl (C=O) groups excluding carboxylic acids is 2. The zero-order valence-electron chi connectivity index (χ0n) is 25.9. The number of aromatic nitrogens is 1. The molecule has 4 aromatic rings. The number of nitrogens with one attached hydrogen (secondary N) is 2. The van der Waals surface area contributed by atoms with E-state index in [4.69, 9.17) is 4.74 Å². The second kappa shape index (κ2) is 15.8. The molecule has 1 heterocycles. The molecule has 5 rings (SSSR count). The molecule has 45 heavy (non-hydrogen) atoms. The van der Waals surface area contributed by atoms with Gasteiger partial charge in [-0.1, -0.05) is 61.4 Å². The van der Waals surface area contributed by atoms with E-state index in [0.717, 1.165) is 53.3 Å². The Morgan fingerprint density at radius 1 is 1.00 bits per heavy atom. The van der Waals surface area contributed by atoms with Gasteiger partial charge in [0.05, 0.1) is 25.8 Å². The van der Waals surface area contributed by atoms with Crippen molar-refractivity contribution in [2.45, 2.75) is 70.3 Å². The summed E-state index contributed by atoms with van der Waals surface area (Å²) in [6, 6.07) is 24.1. The number of rotatable bonds is 14. The first-order chi connectivity index (χ1) is 21.9. The molecule has 0 spiro atoms. The van der Waals surface area contributed by atoms with E-state index < -0.39 is 12.1 Å². The van der Waals surface area contributed by atoms with Gasteiger partial charge in [-0.25, -0.2) is 4.98 Å². The lowest BCUT2D eigenvalue weighted by Crippen LogP contribution is -2.48. The fourth-order valence-corrected chi connectivity index (χ4v) is 6.62. The van der Waals surface area contributed by atoms with Crippen molar-refractivity contribution in [1.29, 1.82) is 0 Å². The Bertz CT molecular complexity index is 1550. The van der Waals surface area contributed by atoms with E-state index in [0.29, 0.717) is 30.6 Å². The van der Waals surface area contributed by atoms with Crippen LogP contribution in [0.15, 0.2) is 84.2 Å². The molecule has 9 heteroatoms. The van der Waals surface area contributed by atoms with Gasteiger partial charge in [0.1, 0.15) is 10.8 Å². The fraction of sp³-hybridized carbons (Fsp3) is 0.361. The summed E-state index contributed by atoms with van der Waals surface area (Å²) < 4.78 is 5.31. The van der Waals surface area contributed by atoms with Crippen LogP contribution in [0.4, 0.5) is 0 Å². The van der Waals surface area contributed by atoms with Crippen molar-refractivity contribution < 1.29 is 19.4 Å². The third-order valence-electron chi connectivity index (χ3n) is 8.27. The molecule has 2 atom stereocenters. The Morgan fingerprint density at radius 3 is 2.47 bits per heavy atom. The van der Waals surface area contributed by atoms with Crippen molar-refractivity contribution in [2.75, 3.05) is 13.7 Å². The molecule has 1 aliphatic carbocycles. The van der Waals surface area contributed by atoms with Crippen LogP contribution in [0.3, 0.4) is 0 Å². The summed E-state index contributed by atoms with van der Waals surface area (Å²) in [6.07, 6.45) is 3.75. The monoisotopic (exact) mass is 626 g/mol. The van der Waals surface area contributed by atoms with Crippen molar-refractivity contribution in [3.8, 4) is 5.75 Å². The average molecular weight is 627 g/mol. The van der Waals surface area contributed by atoms with Crippen LogP contribution in [-0.2, 0) is 19.5 Å². The van der Waals surface area contributed by atoms with Crippen molar-refractivity contribution >= 4 is 23.2 Å². The fourth-order valence-electron chi connectivity index (χ4n) is 5.86. The first kappa shape index (κ1) is 32.3. The lowest BCUT2D eigenvalue weighted by molar-refractivity contribution is 0.0664. The van der Waals surface area contributed by atoms with E-state index in [1.54, 1.807) is 42.7 Å². The van der Waals surface area contributed by atoms with Gasteiger partial charge >= 0.3 is 0 Å². The number of ether oxygens (including phenoxy) is 1. The summed E-state index contributed by atoms with van der Waals surface area (Å²) in [5, 5.41) is 20.5. The van der Waals surface area contributed by atoms with Gasteiger partial charge in [0.15, 0.2) is 0 Å². The molecule has 1 fully saturated rings.